The largest absolute Gasteiger partial charge is 0.444 e. The van der Waals surface area contributed by atoms with Crippen LogP contribution in [0.5, 0.6) is 0 Å². The number of halogens is 2. The van der Waals surface area contributed by atoms with E-state index < -0.39 is 11.5 Å². The molecule has 2 rings (SSSR count). The van der Waals surface area contributed by atoms with Crippen LogP contribution >= 0.6 is 11.6 Å². The van der Waals surface area contributed by atoms with E-state index in [1.165, 1.54) is 6.07 Å². The van der Waals surface area contributed by atoms with Crippen molar-refractivity contribution < 1.29 is 13.9 Å². The predicted octanol–water partition coefficient (Wildman–Crippen LogP) is 3.32. The molecular formula is C15H21ClFN3O2. The van der Waals surface area contributed by atoms with Crippen LogP contribution in [0, 0.1) is 5.95 Å². The normalized spacial score (nSPS) is 19.3. The molecular weight excluding hydrogens is 309 g/mol. The van der Waals surface area contributed by atoms with Crippen LogP contribution in [-0.2, 0) is 4.74 Å². The maximum absolute atomic E-state index is 13.5. The summed E-state index contributed by atoms with van der Waals surface area (Å²) in [6.07, 6.45) is -0.325. The van der Waals surface area contributed by atoms with Gasteiger partial charge in [0, 0.05) is 25.7 Å². The van der Waals surface area contributed by atoms with Crippen LogP contribution in [0.25, 0.3) is 0 Å². The summed E-state index contributed by atoms with van der Waals surface area (Å²) in [6.45, 7) is 9.05. The summed E-state index contributed by atoms with van der Waals surface area (Å²) in [4.78, 5) is 19.6. The number of piperazine rings is 1. The average Bonchev–Trinajstić information content (AvgIpc) is 2.40. The van der Waals surface area contributed by atoms with Gasteiger partial charge in [-0.3, -0.25) is 0 Å². The van der Waals surface area contributed by atoms with E-state index in [2.05, 4.69) is 4.98 Å². The van der Waals surface area contributed by atoms with Gasteiger partial charge in [-0.25, -0.2) is 9.78 Å². The minimum absolute atomic E-state index is 0.00351. The number of hydrogen-bond donors (Lipinski definition) is 0. The number of carbonyl (C=O) groups excluding carboxylic acids is 1. The second kappa shape index (κ2) is 6.28. The SMILES string of the molecule is CC1CN(C(=O)OC(C)(C)C)CCN1c1ccc(Cl)c(F)n1. The van der Waals surface area contributed by atoms with Crippen LogP contribution in [0.4, 0.5) is 15.0 Å². The van der Waals surface area contributed by atoms with Gasteiger partial charge in [-0.2, -0.15) is 4.39 Å². The highest BCUT2D eigenvalue weighted by Gasteiger charge is 2.30. The summed E-state index contributed by atoms with van der Waals surface area (Å²) >= 11 is 5.66. The van der Waals surface area contributed by atoms with Crippen molar-refractivity contribution in [3.05, 3.63) is 23.1 Å². The summed E-state index contributed by atoms with van der Waals surface area (Å²) in [5.74, 6) is -0.154. The smallest absolute Gasteiger partial charge is 0.410 e. The highest BCUT2D eigenvalue weighted by atomic mass is 35.5. The van der Waals surface area contributed by atoms with E-state index in [9.17, 15) is 9.18 Å². The lowest BCUT2D eigenvalue weighted by molar-refractivity contribution is 0.0218. The van der Waals surface area contributed by atoms with E-state index in [1.807, 2.05) is 32.6 Å². The summed E-state index contributed by atoms with van der Waals surface area (Å²) in [6, 6.07) is 3.19. The fourth-order valence-electron chi connectivity index (χ4n) is 2.36. The zero-order chi connectivity index (χ0) is 16.5. The van der Waals surface area contributed by atoms with Gasteiger partial charge in [0.05, 0.1) is 5.02 Å². The number of amides is 1. The average molecular weight is 330 g/mol. The lowest BCUT2D eigenvalue weighted by Crippen LogP contribution is -2.54. The summed E-state index contributed by atoms with van der Waals surface area (Å²) in [5, 5.41) is 0.00351. The van der Waals surface area contributed by atoms with E-state index >= 15 is 0 Å². The second-order valence-electron chi connectivity index (χ2n) is 6.41. The molecule has 5 nitrogen and oxygen atoms in total. The van der Waals surface area contributed by atoms with Gasteiger partial charge in [-0.05, 0) is 39.8 Å². The van der Waals surface area contributed by atoms with Crippen molar-refractivity contribution >= 4 is 23.5 Å². The molecule has 1 aromatic heterocycles. The molecule has 0 radical (unpaired) electrons. The molecule has 7 heteroatoms. The number of hydrogen-bond acceptors (Lipinski definition) is 4. The van der Waals surface area contributed by atoms with E-state index in [-0.39, 0.29) is 17.2 Å². The van der Waals surface area contributed by atoms with E-state index in [4.69, 9.17) is 16.3 Å². The number of carbonyl (C=O) groups is 1. The fraction of sp³-hybridized carbons (Fsp3) is 0.600. The second-order valence-corrected chi connectivity index (χ2v) is 6.82. The zero-order valence-corrected chi connectivity index (χ0v) is 14.0. The van der Waals surface area contributed by atoms with Crippen LogP contribution in [0.15, 0.2) is 12.1 Å². The third kappa shape index (κ3) is 4.00. The maximum atomic E-state index is 13.5. The molecule has 0 spiro atoms. The Bertz CT molecular complexity index is 562. The molecule has 1 fully saturated rings. The van der Waals surface area contributed by atoms with Gasteiger partial charge in [0.2, 0.25) is 5.95 Å². The number of rotatable bonds is 1. The third-order valence-electron chi connectivity index (χ3n) is 3.36. The quantitative estimate of drug-likeness (QED) is 0.741. The molecule has 22 heavy (non-hydrogen) atoms. The monoisotopic (exact) mass is 329 g/mol. The number of pyridine rings is 1. The highest BCUT2D eigenvalue weighted by molar-refractivity contribution is 6.30. The first kappa shape index (κ1) is 16.8. The highest BCUT2D eigenvalue weighted by Crippen LogP contribution is 2.22. The molecule has 122 valence electrons. The van der Waals surface area contributed by atoms with Crippen LogP contribution in [-0.4, -0.2) is 47.3 Å². The topological polar surface area (TPSA) is 45.7 Å². The van der Waals surface area contributed by atoms with Gasteiger partial charge >= 0.3 is 6.09 Å². The van der Waals surface area contributed by atoms with Gasteiger partial charge in [0.15, 0.2) is 0 Å². The number of anilines is 1. The Balaban J connectivity index is 2.03. The Morgan fingerprint density at radius 2 is 2.09 bits per heavy atom. The van der Waals surface area contributed by atoms with Gasteiger partial charge in [-0.15, -0.1) is 0 Å². The Kier molecular flexibility index (Phi) is 4.80. The molecule has 1 aromatic rings. The first-order valence-corrected chi connectivity index (χ1v) is 7.62. The lowest BCUT2D eigenvalue weighted by Gasteiger charge is -2.40. The molecule has 2 heterocycles. The van der Waals surface area contributed by atoms with E-state index in [0.29, 0.717) is 25.5 Å². The van der Waals surface area contributed by atoms with Gasteiger partial charge in [-0.1, -0.05) is 11.6 Å². The molecule has 1 unspecified atom stereocenters. The predicted molar refractivity (Wildman–Crippen MR) is 83.8 cm³/mol. The van der Waals surface area contributed by atoms with Crippen LogP contribution < -0.4 is 4.90 Å². The van der Waals surface area contributed by atoms with Crippen molar-refractivity contribution in [2.75, 3.05) is 24.5 Å². The van der Waals surface area contributed by atoms with E-state index in [1.54, 1.807) is 11.0 Å². The summed E-state index contributed by atoms with van der Waals surface area (Å²) < 4.78 is 18.9. The van der Waals surface area contributed by atoms with Crippen molar-refractivity contribution in [3.63, 3.8) is 0 Å². The molecule has 0 N–H and O–H groups in total. The number of aromatic nitrogens is 1. The Morgan fingerprint density at radius 3 is 2.64 bits per heavy atom. The van der Waals surface area contributed by atoms with Crippen molar-refractivity contribution in [2.45, 2.75) is 39.3 Å². The molecule has 0 bridgehead atoms. The van der Waals surface area contributed by atoms with Gasteiger partial charge in [0.25, 0.3) is 0 Å². The molecule has 1 atom stereocenters. The number of nitrogens with zero attached hydrogens (tertiary/aromatic N) is 3. The van der Waals surface area contributed by atoms with Crippen LogP contribution in [0.1, 0.15) is 27.7 Å². The first-order chi connectivity index (χ1) is 10.2. The molecule has 0 aromatic carbocycles. The molecule has 1 aliphatic heterocycles. The zero-order valence-electron chi connectivity index (χ0n) is 13.3. The first-order valence-electron chi connectivity index (χ1n) is 7.24. The fourth-order valence-corrected chi connectivity index (χ4v) is 2.46. The minimum atomic E-state index is -0.680. The van der Waals surface area contributed by atoms with Crippen molar-refractivity contribution in [1.29, 1.82) is 0 Å². The van der Waals surface area contributed by atoms with Gasteiger partial charge < -0.3 is 14.5 Å². The molecule has 0 aliphatic carbocycles. The maximum Gasteiger partial charge on any atom is 0.410 e. The van der Waals surface area contributed by atoms with Gasteiger partial charge in [0.1, 0.15) is 11.4 Å². The van der Waals surface area contributed by atoms with Crippen molar-refractivity contribution in [2.24, 2.45) is 0 Å². The molecule has 0 saturated carbocycles. The van der Waals surface area contributed by atoms with E-state index in [0.717, 1.165) is 0 Å². The van der Waals surface area contributed by atoms with Crippen molar-refractivity contribution in [1.82, 2.24) is 9.88 Å². The summed E-state index contributed by atoms with van der Waals surface area (Å²) in [5.41, 5.74) is -0.516. The molecule has 1 saturated heterocycles. The lowest BCUT2D eigenvalue weighted by atomic mass is 10.2. The minimum Gasteiger partial charge on any atom is -0.444 e. The Labute approximate surface area is 135 Å². The number of ether oxygens (including phenoxy) is 1. The summed E-state index contributed by atoms with van der Waals surface area (Å²) in [7, 11) is 0. The Morgan fingerprint density at radius 1 is 1.41 bits per heavy atom. The van der Waals surface area contributed by atoms with Crippen LogP contribution in [0.2, 0.25) is 5.02 Å². The molecule has 1 aliphatic rings. The van der Waals surface area contributed by atoms with Crippen LogP contribution in [0.3, 0.4) is 0 Å². The Hall–Kier alpha value is -1.56. The van der Waals surface area contributed by atoms with Crippen molar-refractivity contribution in [3.8, 4) is 0 Å². The molecule has 1 amide bonds. The standard InChI is InChI=1S/C15H21ClFN3O2/c1-10-9-19(14(21)22-15(2,3)4)7-8-20(10)12-6-5-11(16)13(17)18-12/h5-6,10H,7-9H2,1-4H3. The third-order valence-corrected chi connectivity index (χ3v) is 3.64.